The molecule has 6 atom stereocenters. The van der Waals surface area contributed by atoms with Gasteiger partial charge in [-0.15, -0.1) is 0 Å². The highest BCUT2D eigenvalue weighted by Gasteiger charge is 2.44. The van der Waals surface area contributed by atoms with Gasteiger partial charge in [0.05, 0.1) is 23.6 Å². The second kappa shape index (κ2) is 11.5. The molecule has 2 aliphatic heterocycles. The lowest BCUT2D eigenvalue weighted by atomic mass is 9.68. The number of methoxy groups -OCH3 is 1. The summed E-state index contributed by atoms with van der Waals surface area (Å²) in [5, 5.41) is 0.0192. The summed E-state index contributed by atoms with van der Waals surface area (Å²) < 4.78 is 41.2. The van der Waals surface area contributed by atoms with Gasteiger partial charge in [0.25, 0.3) is 5.91 Å². The van der Waals surface area contributed by atoms with Crippen molar-refractivity contribution in [2.75, 3.05) is 31.7 Å². The number of carbonyl (C=O) groups excluding carboxylic acids is 1. The minimum absolute atomic E-state index is 0.0177. The molecule has 4 aliphatic rings. The van der Waals surface area contributed by atoms with Crippen LogP contribution in [0.4, 0.5) is 5.69 Å². The van der Waals surface area contributed by atoms with E-state index in [2.05, 4.69) is 33.9 Å². The first-order valence-corrected chi connectivity index (χ1v) is 17.1. The molecule has 0 unspecified atom stereocenters. The fraction of sp³-hybridized carbons (Fsp3) is 0.545. The second-order valence-electron chi connectivity index (χ2n) is 12.9. The van der Waals surface area contributed by atoms with Gasteiger partial charge in [-0.05, 0) is 105 Å². The van der Waals surface area contributed by atoms with Crippen LogP contribution < -0.4 is 14.4 Å². The fourth-order valence-electron chi connectivity index (χ4n) is 7.51. The van der Waals surface area contributed by atoms with Crippen LogP contribution in [0, 0.1) is 17.8 Å². The molecule has 226 valence electrons. The highest BCUT2D eigenvalue weighted by atomic mass is 35.5. The molecule has 42 heavy (non-hydrogen) atoms. The Hall–Kier alpha value is -2.55. The summed E-state index contributed by atoms with van der Waals surface area (Å²) in [4.78, 5) is 15.7. The number of ether oxygens (including phenoxy) is 2. The summed E-state index contributed by atoms with van der Waals surface area (Å²) in [5.74, 6) is 0.896. The van der Waals surface area contributed by atoms with E-state index < -0.39 is 21.2 Å². The predicted octanol–water partition coefficient (Wildman–Crippen LogP) is 5.90. The van der Waals surface area contributed by atoms with Crippen LogP contribution in [0.15, 0.2) is 48.6 Å². The zero-order valence-electron chi connectivity index (χ0n) is 24.6. The number of amides is 1. The molecule has 2 aliphatic carbocycles. The number of nitrogens with zero attached hydrogens (tertiary/aromatic N) is 1. The number of sulfonamides is 1. The average Bonchev–Trinajstić information content (AvgIpc) is 3.09. The molecule has 1 amide bonds. The van der Waals surface area contributed by atoms with Gasteiger partial charge in [0, 0.05) is 36.2 Å². The molecule has 2 aromatic rings. The Morgan fingerprint density at radius 3 is 2.71 bits per heavy atom. The number of fused-ring (bicyclic) bond motifs is 4. The van der Waals surface area contributed by atoms with Crippen molar-refractivity contribution in [3.63, 3.8) is 0 Å². The maximum absolute atomic E-state index is 13.3. The van der Waals surface area contributed by atoms with E-state index in [-0.39, 0.29) is 17.4 Å². The minimum Gasteiger partial charge on any atom is -0.490 e. The number of allylic oxidation sites excluding steroid dienone is 1. The van der Waals surface area contributed by atoms with E-state index in [1.54, 1.807) is 20.1 Å². The van der Waals surface area contributed by atoms with E-state index in [1.165, 1.54) is 11.1 Å². The van der Waals surface area contributed by atoms with Crippen molar-refractivity contribution in [1.82, 2.24) is 4.72 Å². The van der Waals surface area contributed by atoms with Crippen molar-refractivity contribution in [2.45, 2.75) is 69.1 Å². The van der Waals surface area contributed by atoms with Crippen molar-refractivity contribution in [1.29, 1.82) is 0 Å². The van der Waals surface area contributed by atoms with Gasteiger partial charge in [0.1, 0.15) is 5.75 Å². The van der Waals surface area contributed by atoms with Crippen LogP contribution in [0.5, 0.6) is 5.75 Å². The number of hydrogen-bond acceptors (Lipinski definition) is 6. The van der Waals surface area contributed by atoms with E-state index in [0.29, 0.717) is 30.4 Å². The third-order valence-corrected chi connectivity index (χ3v) is 12.0. The van der Waals surface area contributed by atoms with Crippen molar-refractivity contribution < 1.29 is 22.7 Å². The number of carbonyl (C=O) groups is 1. The Kier molecular flexibility index (Phi) is 8.09. The molecule has 9 heteroatoms. The Morgan fingerprint density at radius 2 is 1.95 bits per heavy atom. The first-order chi connectivity index (χ1) is 20.1. The minimum atomic E-state index is -3.87. The first-order valence-electron chi connectivity index (χ1n) is 15.2. The summed E-state index contributed by atoms with van der Waals surface area (Å²) in [6.45, 7) is 5.73. The highest BCUT2D eigenvalue weighted by molar-refractivity contribution is 7.90. The van der Waals surface area contributed by atoms with E-state index in [0.717, 1.165) is 61.7 Å². The molecule has 2 heterocycles. The molecule has 6 rings (SSSR count). The van der Waals surface area contributed by atoms with Crippen molar-refractivity contribution in [2.24, 2.45) is 17.8 Å². The molecule has 0 aromatic heterocycles. The monoisotopic (exact) mass is 612 g/mol. The summed E-state index contributed by atoms with van der Waals surface area (Å²) in [5.41, 5.74) is 3.48. The average molecular weight is 613 g/mol. The van der Waals surface area contributed by atoms with Crippen LogP contribution in [-0.4, -0.2) is 52.5 Å². The van der Waals surface area contributed by atoms with E-state index in [4.69, 9.17) is 21.1 Å². The number of rotatable bonds is 1. The molecular weight excluding hydrogens is 572 g/mol. The van der Waals surface area contributed by atoms with Gasteiger partial charge >= 0.3 is 0 Å². The smallest absolute Gasteiger partial charge is 0.264 e. The summed E-state index contributed by atoms with van der Waals surface area (Å²) in [6.07, 6.45) is 9.78. The lowest BCUT2D eigenvalue weighted by molar-refractivity contribution is 0.0130. The van der Waals surface area contributed by atoms with Crippen molar-refractivity contribution in [3.05, 3.63) is 70.3 Å². The Balaban J connectivity index is 1.43. The lowest BCUT2D eigenvalue weighted by Gasteiger charge is -2.46. The zero-order chi connectivity index (χ0) is 29.6. The van der Waals surface area contributed by atoms with Crippen LogP contribution in [-0.2, 0) is 26.6 Å². The quantitative estimate of drug-likeness (QED) is 0.404. The maximum Gasteiger partial charge on any atom is 0.264 e. The SMILES string of the molecule is CO[C@H]1/C=C/[C@@H](C)C[C@@H](C)S(=O)(=O)NC(=O)c2ccc3c(c2)N(C[C@@H]2CC[C@H]21)C[C@@]1(CCCc2cc(Cl)ccc21)CO3. The fourth-order valence-corrected chi connectivity index (χ4v) is 8.83. The number of halogens is 1. The number of nitrogens with one attached hydrogen (secondary N) is 1. The molecule has 0 radical (unpaired) electrons. The third-order valence-electron chi connectivity index (χ3n) is 10.0. The van der Waals surface area contributed by atoms with Crippen LogP contribution >= 0.6 is 11.6 Å². The molecule has 1 saturated carbocycles. The molecule has 7 nitrogen and oxygen atoms in total. The van der Waals surface area contributed by atoms with Gasteiger partial charge in [-0.1, -0.05) is 36.7 Å². The van der Waals surface area contributed by atoms with Crippen LogP contribution in [0.25, 0.3) is 0 Å². The van der Waals surface area contributed by atoms with Crippen LogP contribution in [0.1, 0.15) is 67.4 Å². The van der Waals surface area contributed by atoms with E-state index in [9.17, 15) is 13.2 Å². The number of benzene rings is 2. The molecular formula is C33H41ClN2O5S. The van der Waals surface area contributed by atoms with Gasteiger partial charge in [0.2, 0.25) is 10.0 Å². The molecule has 0 saturated heterocycles. The second-order valence-corrected chi connectivity index (χ2v) is 15.4. The predicted molar refractivity (Wildman–Crippen MR) is 166 cm³/mol. The number of hydrogen-bond donors (Lipinski definition) is 1. The Bertz CT molecular complexity index is 1490. The van der Waals surface area contributed by atoms with Crippen LogP contribution in [0.3, 0.4) is 0 Å². The van der Waals surface area contributed by atoms with E-state index in [1.807, 2.05) is 25.1 Å². The number of anilines is 1. The van der Waals surface area contributed by atoms with Gasteiger partial charge in [0.15, 0.2) is 0 Å². The molecule has 1 fully saturated rings. The van der Waals surface area contributed by atoms with Gasteiger partial charge < -0.3 is 14.4 Å². The van der Waals surface area contributed by atoms with Crippen molar-refractivity contribution in [3.8, 4) is 5.75 Å². The third kappa shape index (κ3) is 5.58. The summed E-state index contributed by atoms with van der Waals surface area (Å²) in [7, 11) is -2.11. The Morgan fingerprint density at radius 1 is 1.12 bits per heavy atom. The Labute approximate surface area is 254 Å². The van der Waals surface area contributed by atoms with Gasteiger partial charge in [-0.2, -0.15) is 0 Å². The zero-order valence-corrected chi connectivity index (χ0v) is 26.2. The number of aryl methyl sites for hydroxylation is 1. The topological polar surface area (TPSA) is 84.9 Å². The largest absolute Gasteiger partial charge is 0.490 e. The highest BCUT2D eigenvalue weighted by Crippen LogP contribution is 2.47. The standard InChI is InChI=1S/C33H41ClN2O5S/c1-21-6-12-30(40-3)27-10-7-25(27)18-36-19-33(14-4-5-23-16-26(34)9-11-28(23)33)20-41-31-13-8-24(17-29(31)36)32(37)35-42(38,39)22(2)15-21/h6,8-9,11-13,16-17,21-22,25,27,30H,4-5,7,10,14-15,18-20H2,1-3H3,(H,35,37)/b12-6+/t21-,22-,25+,27-,30+,33+/m1/s1. The van der Waals surface area contributed by atoms with Gasteiger partial charge in [-0.25, -0.2) is 13.1 Å². The molecule has 2 aromatic carbocycles. The summed E-state index contributed by atoms with van der Waals surface area (Å²) in [6, 6.07) is 11.5. The maximum atomic E-state index is 13.3. The molecule has 2 bridgehead atoms. The normalized spacial score (nSPS) is 33.3. The molecule has 1 spiro atoms. The summed E-state index contributed by atoms with van der Waals surface area (Å²) >= 11 is 6.40. The van der Waals surface area contributed by atoms with Gasteiger partial charge in [-0.3, -0.25) is 4.79 Å². The first kappa shape index (κ1) is 29.5. The van der Waals surface area contributed by atoms with Crippen molar-refractivity contribution >= 4 is 33.2 Å². The molecule has 1 N–H and O–H groups in total. The lowest BCUT2D eigenvalue weighted by Crippen LogP contribution is -2.49. The van der Waals surface area contributed by atoms with Crippen LogP contribution in [0.2, 0.25) is 5.02 Å². The van der Waals surface area contributed by atoms with E-state index >= 15 is 0 Å².